The highest BCUT2D eigenvalue weighted by atomic mass is 16.7. The monoisotopic (exact) mass is 321 g/mol. The predicted octanol–water partition coefficient (Wildman–Crippen LogP) is 2.12. The first-order valence-electron chi connectivity index (χ1n) is 7.62. The van der Waals surface area contributed by atoms with Crippen LogP contribution in [0.3, 0.4) is 0 Å². The molecular formula is C17H23NO5. The first-order chi connectivity index (χ1) is 11.1. The van der Waals surface area contributed by atoms with Crippen molar-refractivity contribution in [2.75, 3.05) is 39.3 Å². The lowest BCUT2D eigenvalue weighted by Crippen LogP contribution is -2.39. The van der Waals surface area contributed by atoms with Crippen molar-refractivity contribution < 1.29 is 23.8 Å². The molecule has 1 aliphatic heterocycles. The van der Waals surface area contributed by atoms with Gasteiger partial charge in [0.2, 0.25) is 0 Å². The fourth-order valence-electron chi connectivity index (χ4n) is 3.04. The van der Waals surface area contributed by atoms with Gasteiger partial charge in [-0.15, -0.1) is 0 Å². The highest BCUT2D eigenvalue weighted by Gasteiger charge is 2.27. The smallest absolute Gasteiger partial charge is 0.338 e. The van der Waals surface area contributed by atoms with E-state index in [1.165, 1.54) is 7.11 Å². The molecule has 0 N–H and O–H groups in total. The summed E-state index contributed by atoms with van der Waals surface area (Å²) in [7, 11) is 4.62. The number of piperidine rings is 1. The van der Waals surface area contributed by atoms with Crippen LogP contribution in [0, 0.1) is 5.92 Å². The summed E-state index contributed by atoms with van der Waals surface area (Å²) in [4.78, 5) is 25.1. The Balaban J connectivity index is 2.12. The maximum Gasteiger partial charge on any atom is 0.338 e. The molecule has 1 heterocycles. The first-order valence-corrected chi connectivity index (χ1v) is 7.62. The molecule has 1 saturated heterocycles. The number of carbonyl (C=O) groups is 2. The van der Waals surface area contributed by atoms with Crippen molar-refractivity contribution in [2.24, 2.45) is 5.92 Å². The molecular weight excluding hydrogens is 298 g/mol. The Labute approximate surface area is 136 Å². The van der Waals surface area contributed by atoms with E-state index < -0.39 is 5.97 Å². The highest BCUT2D eigenvalue weighted by Crippen LogP contribution is 2.28. The molecule has 0 bridgehead atoms. The van der Waals surface area contributed by atoms with Crippen molar-refractivity contribution in [3.8, 4) is 0 Å². The molecule has 6 nitrogen and oxygen atoms in total. The van der Waals surface area contributed by atoms with Crippen molar-refractivity contribution in [2.45, 2.75) is 19.1 Å². The standard InChI is InChI=1S/C17H23NO5/c1-21-16(20)15-10-14(5-4-13(15)11-19)18-8-6-12(7-9-18)17(22-2)23-3/h4-5,10-12,17H,6-9H2,1-3H3. The topological polar surface area (TPSA) is 65.1 Å². The molecule has 0 aromatic heterocycles. The van der Waals surface area contributed by atoms with Gasteiger partial charge in [-0.2, -0.15) is 0 Å². The predicted molar refractivity (Wildman–Crippen MR) is 85.9 cm³/mol. The zero-order valence-corrected chi connectivity index (χ0v) is 13.8. The van der Waals surface area contributed by atoms with Crippen molar-refractivity contribution in [1.29, 1.82) is 0 Å². The highest BCUT2D eigenvalue weighted by molar-refractivity contribution is 5.99. The Morgan fingerprint density at radius 2 is 1.87 bits per heavy atom. The minimum Gasteiger partial charge on any atom is -0.465 e. The van der Waals surface area contributed by atoms with Crippen LogP contribution >= 0.6 is 0 Å². The van der Waals surface area contributed by atoms with E-state index in [4.69, 9.17) is 14.2 Å². The number of esters is 1. The second-order valence-electron chi connectivity index (χ2n) is 5.55. The minimum absolute atomic E-state index is 0.180. The number of hydrogen-bond donors (Lipinski definition) is 0. The molecule has 1 aliphatic rings. The van der Waals surface area contributed by atoms with Crippen LogP contribution in [-0.4, -0.2) is 53.0 Å². The van der Waals surface area contributed by atoms with Crippen LogP contribution in [0.2, 0.25) is 0 Å². The molecule has 126 valence electrons. The van der Waals surface area contributed by atoms with Crippen LogP contribution in [0.5, 0.6) is 0 Å². The van der Waals surface area contributed by atoms with Crippen molar-refractivity contribution in [3.63, 3.8) is 0 Å². The molecule has 0 atom stereocenters. The zero-order valence-electron chi connectivity index (χ0n) is 13.8. The number of ether oxygens (including phenoxy) is 3. The third-order valence-electron chi connectivity index (χ3n) is 4.32. The number of carbonyl (C=O) groups excluding carboxylic acids is 2. The number of aldehydes is 1. The lowest BCUT2D eigenvalue weighted by atomic mass is 9.95. The maximum atomic E-state index is 11.8. The normalized spacial score (nSPS) is 15.7. The van der Waals surface area contributed by atoms with E-state index in [2.05, 4.69) is 4.90 Å². The largest absolute Gasteiger partial charge is 0.465 e. The Morgan fingerprint density at radius 3 is 2.39 bits per heavy atom. The Morgan fingerprint density at radius 1 is 1.22 bits per heavy atom. The van der Waals surface area contributed by atoms with Gasteiger partial charge in [0, 0.05) is 44.5 Å². The number of rotatable bonds is 6. The van der Waals surface area contributed by atoms with Crippen LogP contribution < -0.4 is 4.90 Å². The SMILES string of the molecule is COC(=O)c1cc(N2CCC(C(OC)OC)CC2)ccc1C=O. The van der Waals surface area contributed by atoms with Gasteiger partial charge in [-0.25, -0.2) is 4.79 Å². The molecule has 6 heteroatoms. The first kappa shape index (κ1) is 17.4. The van der Waals surface area contributed by atoms with Gasteiger partial charge in [-0.1, -0.05) is 0 Å². The van der Waals surface area contributed by atoms with Gasteiger partial charge in [-0.05, 0) is 31.0 Å². The molecule has 23 heavy (non-hydrogen) atoms. The van der Waals surface area contributed by atoms with Gasteiger partial charge < -0.3 is 19.1 Å². The summed E-state index contributed by atoms with van der Waals surface area (Å²) in [5.74, 6) is -0.141. The van der Waals surface area contributed by atoms with E-state index in [1.54, 1.807) is 26.4 Å². The summed E-state index contributed by atoms with van der Waals surface area (Å²) in [5.41, 5.74) is 1.56. The van der Waals surface area contributed by atoms with Gasteiger partial charge in [-0.3, -0.25) is 4.79 Å². The zero-order chi connectivity index (χ0) is 16.8. The average Bonchev–Trinajstić information content (AvgIpc) is 2.62. The molecule has 1 aromatic rings. The molecule has 0 saturated carbocycles. The van der Waals surface area contributed by atoms with E-state index in [-0.39, 0.29) is 6.29 Å². The number of benzene rings is 1. The molecule has 0 radical (unpaired) electrons. The molecule has 0 aliphatic carbocycles. The number of methoxy groups -OCH3 is 3. The summed E-state index contributed by atoms with van der Waals surface area (Å²) in [6.07, 6.45) is 2.37. The lowest BCUT2D eigenvalue weighted by molar-refractivity contribution is -0.141. The fraction of sp³-hybridized carbons (Fsp3) is 0.529. The molecule has 0 unspecified atom stereocenters. The van der Waals surface area contributed by atoms with E-state index in [0.717, 1.165) is 31.6 Å². The van der Waals surface area contributed by atoms with Gasteiger partial charge in [0.25, 0.3) is 0 Å². The van der Waals surface area contributed by atoms with E-state index >= 15 is 0 Å². The summed E-state index contributed by atoms with van der Waals surface area (Å²) >= 11 is 0. The van der Waals surface area contributed by atoms with E-state index in [1.807, 2.05) is 6.07 Å². The van der Waals surface area contributed by atoms with Gasteiger partial charge in [0.05, 0.1) is 12.7 Å². The second kappa shape index (κ2) is 8.08. The van der Waals surface area contributed by atoms with Crippen LogP contribution in [0.1, 0.15) is 33.6 Å². The van der Waals surface area contributed by atoms with Crippen LogP contribution in [0.4, 0.5) is 5.69 Å². The summed E-state index contributed by atoms with van der Waals surface area (Å²) in [6, 6.07) is 5.24. The van der Waals surface area contributed by atoms with E-state index in [0.29, 0.717) is 23.3 Å². The van der Waals surface area contributed by atoms with Crippen LogP contribution in [0.25, 0.3) is 0 Å². The number of anilines is 1. The van der Waals surface area contributed by atoms with Crippen LogP contribution in [0.15, 0.2) is 18.2 Å². The third kappa shape index (κ3) is 3.89. The molecule has 0 amide bonds. The number of nitrogens with zero attached hydrogens (tertiary/aromatic N) is 1. The number of hydrogen-bond acceptors (Lipinski definition) is 6. The minimum atomic E-state index is -0.498. The van der Waals surface area contributed by atoms with Crippen molar-refractivity contribution in [1.82, 2.24) is 0 Å². The molecule has 1 fully saturated rings. The summed E-state index contributed by atoms with van der Waals surface area (Å²) < 4.78 is 15.4. The van der Waals surface area contributed by atoms with Gasteiger partial charge in [0.1, 0.15) is 0 Å². The lowest BCUT2D eigenvalue weighted by Gasteiger charge is -2.36. The summed E-state index contributed by atoms with van der Waals surface area (Å²) in [6.45, 7) is 1.68. The van der Waals surface area contributed by atoms with Gasteiger partial charge in [0.15, 0.2) is 12.6 Å². The Hall–Kier alpha value is -1.92. The maximum absolute atomic E-state index is 11.8. The second-order valence-corrected chi connectivity index (χ2v) is 5.55. The van der Waals surface area contributed by atoms with Crippen molar-refractivity contribution >= 4 is 17.9 Å². The van der Waals surface area contributed by atoms with Gasteiger partial charge >= 0.3 is 5.97 Å². The Bertz CT molecular complexity index is 548. The molecule has 1 aromatic carbocycles. The quantitative estimate of drug-likeness (QED) is 0.454. The molecule has 0 spiro atoms. The average molecular weight is 321 g/mol. The van der Waals surface area contributed by atoms with E-state index in [9.17, 15) is 9.59 Å². The third-order valence-corrected chi connectivity index (χ3v) is 4.32. The fourth-order valence-corrected chi connectivity index (χ4v) is 3.04. The van der Waals surface area contributed by atoms with Crippen LogP contribution in [-0.2, 0) is 14.2 Å². The summed E-state index contributed by atoms with van der Waals surface area (Å²) in [5, 5.41) is 0. The molecule has 2 rings (SSSR count). The Kier molecular flexibility index (Phi) is 6.12. The van der Waals surface area contributed by atoms with Crippen molar-refractivity contribution in [3.05, 3.63) is 29.3 Å².